The van der Waals surface area contributed by atoms with Gasteiger partial charge in [0.05, 0.1) is 12.7 Å². The number of rotatable bonds is 3. The van der Waals surface area contributed by atoms with Crippen LogP contribution in [-0.4, -0.2) is 18.5 Å². The lowest BCUT2D eigenvalue weighted by Crippen LogP contribution is -2.39. The number of aryl methyl sites for hydroxylation is 2. The summed E-state index contributed by atoms with van der Waals surface area (Å²) in [6, 6.07) is 13.5. The van der Waals surface area contributed by atoms with E-state index in [9.17, 15) is 14.0 Å². The minimum Gasteiger partial charge on any atom is -0.423 e. The monoisotopic (exact) mass is 404 g/mol. The summed E-state index contributed by atoms with van der Waals surface area (Å²) < 4.78 is 23.0. The van der Waals surface area contributed by atoms with Gasteiger partial charge < -0.3 is 4.42 Å². The van der Waals surface area contributed by atoms with E-state index in [1.165, 1.54) is 25.7 Å². The molecule has 0 atom stereocenters. The number of imidazole rings is 1. The van der Waals surface area contributed by atoms with E-state index in [0.717, 1.165) is 11.1 Å². The number of benzene rings is 2. The van der Waals surface area contributed by atoms with Gasteiger partial charge in [-0.2, -0.15) is 4.98 Å². The highest BCUT2D eigenvalue weighted by Crippen LogP contribution is 2.24. The molecule has 0 spiro atoms. The number of aromatic nitrogens is 4. The molecule has 0 aliphatic heterocycles. The predicted molar refractivity (Wildman–Crippen MR) is 110 cm³/mol. The molecule has 0 saturated heterocycles. The Kier molecular flexibility index (Phi) is 3.95. The molecule has 0 aliphatic carbocycles. The second-order valence-corrected chi connectivity index (χ2v) is 7.26. The SMILES string of the molecule is Cc1cccc(Cn2c(=O)c3c(nc4oc(-c5ccc(F)cc5)cn43)n(C)c2=O)c1. The molecule has 150 valence electrons. The summed E-state index contributed by atoms with van der Waals surface area (Å²) in [6.07, 6.45) is 1.63. The zero-order valence-corrected chi connectivity index (χ0v) is 16.3. The van der Waals surface area contributed by atoms with E-state index in [-0.39, 0.29) is 29.4 Å². The summed E-state index contributed by atoms with van der Waals surface area (Å²) in [5, 5.41) is 0. The lowest BCUT2D eigenvalue weighted by atomic mass is 10.1. The Morgan fingerprint density at radius 3 is 2.60 bits per heavy atom. The fraction of sp³-hybridized carbons (Fsp3) is 0.136. The highest BCUT2D eigenvalue weighted by molar-refractivity contribution is 5.76. The molecule has 0 unspecified atom stereocenters. The molecule has 2 aromatic carbocycles. The maximum absolute atomic E-state index is 13.3. The Morgan fingerprint density at radius 1 is 1.10 bits per heavy atom. The average molecular weight is 404 g/mol. The smallest absolute Gasteiger partial charge is 0.332 e. The Labute approximate surface area is 169 Å². The molecule has 30 heavy (non-hydrogen) atoms. The van der Waals surface area contributed by atoms with Crippen LogP contribution in [0.25, 0.3) is 28.3 Å². The van der Waals surface area contributed by atoms with Crippen molar-refractivity contribution < 1.29 is 8.81 Å². The van der Waals surface area contributed by atoms with Crippen molar-refractivity contribution in [3.63, 3.8) is 0 Å². The third-order valence-corrected chi connectivity index (χ3v) is 5.14. The number of oxazole rings is 1. The number of hydrogen-bond donors (Lipinski definition) is 0. The van der Waals surface area contributed by atoms with Crippen LogP contribution in [0.1, 0.15) is 11.1 Å². The molecule has 8 heteroatoms. The van der Waals surface area contributed by atoms with Crippen molar-refractivity contribution in [3.05, 3.63) is 92.5 Å². The predicted octanol–water partition coefficient (Wildman–Crippen LogP) is 3.10. The molecule has 0 amide bonds. The normalized spacial score (nSPS) is 11.6. The van der Waals surface area contributed by atoms with Crippen molar-refractivity contribution in [3.8, 4) is 11.3 Å². The van der Waals surface area contributed by atoms with Crippen LogP contribution >= 0.6 is 0 Å². The lowest BCUT2D eigenvalue weighted by molar-refractivity contribution is 0.608. The molecular weight excluding hydrogens is 387 g/mol. The topological polar surface area (TPSA) is 74.4 Å². The fourth-order valence-corrected chi connectivity index (χ4v) is 3.63. The Bertz CT molecular complexity index is 1540. The third kappa shape index (κ3) is 2.76. The van der Waals surface area contributed by atoms with Crippen molar-refractivity contribution in [2.24, 2.45) is 7.05 Å². The summed E-state index contributed by atoms with van der Waals surface area (Å²) in [6.45, 7) is 2.11. The Morgan fingerprint density at radius 2 is 1.87 bits per heavy atom. The Balaban J connectivity index is 1.72. The summed E-state index contributed by atoms with van der Waals surface area (Å²) in [4.78, 5) is 30.4. The molecule has 5 aromatic rings. The van der Waals surface area contributed by atoms with Crippen molar-refractivity contribution in [2.75, 3.05) is 0 Å². The first-order chi connectivity index (χ1) is 14.4. The van der Waals surface area contributed by atoms with Gasteiger partial charge in [-0.1, -0.05) is 29.8 Å². The van der Waals surface area contributed by atoms with Gasteiger partial charge in [-0.3, -0.25) is 18.3 Å². The quantitative estimate of drug-likeness (QED) is 0.463. The van der Waals surface area contributed by atoms with Crippen molar-refractivity contribution in [2.45, 2.75) is 13.5 Å². The number of fused-ring (bicyclic) bond motifs is 3. The average Bonchev–Trinajstić information content (AvgIpc) is 3.28. The highest BCUT2D eigenvalue weighted by Gasteiger charge is 2.20. The zero-order chi connectivity index (χ0) is 21.0. The van der Waals surface area contributed by atoms with E-state index in [0.29, 0.717) is 11.3 Å². The molecule has 3 aromatic heterocycles. The molecule has 3 heterocycles. The second kappa shape index (κ2) is 6.55. The number of hydrogen-bond acceptors (Lipinski definition) is 4. The van der Waals surface area contributed by atoms with Gasteiger partial charge in [0.2, 0.25) is 0 Å². The van der Waals surface area contributed by atoms with Gasteiger partial charge in [-0.25, -0.2) is 9.18 Å². The molecule has 0 aliphatic rings. The maximum Gasteiger partial charge on any atom is 0.332 e. The van der Waals surface area contributed by atoms with Gasteiger partial charge in [0, 0.05) is 12.6 Å². The van der Waals surface area contributed by atoms with Crippen LogP contribution in [0.3, 0.4) is 0 Å². The molecule has 0 bridgehead atoms. The lowest BCUT2D eigenvalue weighted by Gasteiger charge is -2.08. The molecule has 0 saturated carbocycles. The van der Waals surface area contributed by atoms with Gasteiger partial charge >= 0.3 is 11.5 Å². The van der Waals surface area contributed by atoms with Gasteiger partial charge in [-0.15, -0.1) is 0 Å². The maximum atomic E-state index is 13.3. The van der Waals surface area contributed by atoms with Crippen molar-refractivity contribution in [1.29, 1.82) is 0 Å². The van der Waals surface area contributed by atoms with E-state index in [4.69, 9.17) is 4.42 Å². The van der Waals surface area contributed by atoms with E-state index in [2.05, 4.69) is 4.98 Å². The summed E-state index contributed by atoms with van der Waals surface area (Å²) in [7, 11) is 1.57. The minimum atomic E-state index is -0.450. The van der Waals surface area contributed by atoms with Crippen LogP contribution in [0.15, 0.2) is 68.7 Å². The highest BCUT2D eigenvalue weighted by atomic mass is 19.1. The van der Waals surface area contributed by atoms with E-state index < -0.39 is 11.2 Å². The van der Waals surface area contributed by atoms with Gasteiger partial charge in [0.25, 0.3) is 5.56 Å². The zero-order valence-electron chi connectivity index (χ0n) is 16.3. The van der Waals surface area contributed by atoms with Crippen LogP contribution in [0, 0.1) is 12.7 Å². The number of nitrogens with zero attached hydrogens (tertiary/aromatic N) is 4. The summed E-state index contributed by atoms with van der Waals surface area (Å²) in [5.41, 5.74) is 2.14. The molecule has 0 N–H and O–H groups in total. The third-order valence-electron chi connectivity index (χ3n) is 5.14. The van der Waals surface area contributed by atoms with E-state index in [1.807, 2.05) is 31.2 Å². The minimum absolute atomic E-state index is 0.152. The molecule has 0 fully saturated rings. The van der Waals surface area contributed by atoms with Crippen LogP contribution in [0.4, 0.5) is 4.39 Å². The van der Waals surface area contributed by atoms with Gasteiger partial charge in [0.15, 0.2) is 16.9 Å². The van der Waals surface area contributed by atoms with E-state index >= 15 is 0 Å². The largest absolute Gasteiger partial charge is 0.423 e. The first kappa shape index (κ1) is 18.1. The van der Waals surface area contributed by atoms with E-state index in [1.54, 1.807) is 25.4 Å². The molecular formula is C22H17FN4O3. The van der Waals surface area contributed by atoms with Crippen LogP contribution in [-0.2, 0) is 13.6 Å². The van der Waals surface area contributed by atoms with Crippen LogP contribution < -0.4 is 11.2 Å². The molecule has 0 radical (unpaired) electrons. The first-order valence-electron chi connectivity index (χ1n) is 9.35. The van der Waals surface area contributed by atoms with Gasteiger partial charge in [-0.05, 0) is 36.8 Å². The van der Waals surface area contributed by atoms with Crippen molar-refractivity contribution >= 4 is 17.0 Å². The van der Waals surface area contributed by atoms with Crippen molar-refractivity contribution in [1.82, 2.24) is 18.5 Å². The molecule has 7 nitrogen and oxygen atoms in total. The number of halogens is 1. The Hall–Kier alpha value is -3.94. The molecule has 5 rings (SSSR count). The second-order valence-electron chi connectivity index (χ2n) is 7.26. The van der Waals surface area contributed by atoms with Crippen LogP contribution in [0.5, 0.6) is 0 Å². The summed E-state index contributed by atoms with van der Waals surface area (Å²) >= 11 is 0. The standard InChI is InChI=1S/C22H17FN4O3/c1-13-4-3-5-14(10-13)11-27-20(28)18-19(25(2)22(27)29)24-21-26(18)12-17(30-21)15-6-8-16(23)9-7-15/h3-10,12H,11H2,1-2H3. The van der Waals surface area contributed by atoms with Crippen LogP contribution in [0.2, 0.25) is 0 Å². The fourth-order valence-electron chi connectivity index (χ4n) is 3.63. The summed E-state index contributed by atoms with van der Waals surface area (Å²) in [5.74, 6) is 0.275. The first-order valence-corrected chi connectivity index (χ1v) is 9.35. The van der Waals surface area contributed by atoms with Gasteiger partial charge in [0.1, 0.15) is 5.82 Å².